The van der Waals surface area contributed by atoms with Crippen LogP contribution in [0.2, 0.25) is 0 Å². The summed E-state index contributed by atoms with van der Waals surface area (Å²) in [5, 5.41) is 47.1. The Morgan fingerprint density at radius 2 is 1.51 bits per heavy atom. The van der Waals surface area contributed by atoms with Crippen LogP contribution >= 0.6 is 0 Å². The Labute approximate surface area is 465 Å². The number of aromatic nitrogens is 3. The van der Waals surface area contributed by atoms with Gasteiger partial charge in [0.2, 0.25) is 10.0 Å². The molecule has 1 aromatic carbocycles. The number of hydrogen-bond donors (Lipinski definition) is 4. The number of halogens is 1. The maximum absolute atomic E-state index is 14.3. The molecule has 3 aliphatic heterocycles. The van der Waals surface area contributed by atoms with Crippen molar-refractivity contribution in [2.24, 2.45) is 23.7 Å². The number of carbonyl (C=O) groups is 2. The third-order valence-electron chi connectivity index (χ3n) is 15.3. The molecule has 22 heteroatoms. The molecule has 20 nitrogen and oxygen atoms in total. The normalized spacial score (nSPS) is 33.1. The van der Waals surface area contributed by atoms with Crippen molar-refractivity contribution >= 4 is 27.5 Å². The first kappa shape index (κ1) is 70.4. The molecule has 448 valence electrons. The molecule has 17 atom stereocenters. The Bertz CT molecular complexity index is 2200. The summed E-state index contributed by atoms with van der Waals surface area (Å²) in [5.41, 5.74) is -0.572. The highest BCUT2D eigenvalue weighted by atomic mass is 32.2. The molecule has 78 heavy (non-hydrogen) atoms. The summed E-state index contributed by atoms with van der Waals surface area (Å²) >= 11 is 0. The molecule has 5 rings (SSSR count). The first-order chi connectivity index (χ1) is 36.5. The second kappa shape index (κ2) is 32.1. The standard InChI is InChI=1S/C28H50O9.C25H40FN5O5S.C2H2.CH4O/c1-11-21-28(9,32)25(30)18(5)23(29)15(2)13-27(8,33-10)14-16(3)24(19(6)26(31)36-21)37-22-12-17(4)34-20(7)35-22;1-17(2)37(33,34)30(5)21-9-7-19(8-10-21)25(35-6)23(15-26)31-16-20(27-28-31)11-12-29(4)22-13-18(3)36-24(32)14-22;2*1-2/h15-22,24-25,30,32H,11-14H2,1-10H3;7-10,16-18,22-25,32H,11-15H2,1-6H3;1-2H;2H,1H3/t15-,16-,17+,18+,19-,20+,21-,22+,24+,25-,27-,28-;18-,22+,23-,24-,25-;;/m11../s1. The van der Waals surface area contributed by atoms with Gasteiger partial charge in [-0.2, -0.15) is 0 Å². The minimum absolute atomic E-state index is 0.00226. The number of hydrogen-bond acceptors (Lipinski definition) is 18. The van der Waals surface area contributed by atoms with Gasteiger partial charge in [0, 0.05) is 78.3 Å². The third kappa shape index (κ3) is 18.9. The van der Waals surface area contributed by atoms with Crippen LogP contribution in [0.25, 0.3) is 0 Å². The van der Waals surface area contributed by atoms with Crippen molar-refractivity contribution in [1.82, 2.24) is 19.9 Å². The molecule has 3 fully saturated rings. The largest absolute Gasteiger partial charge is 0.459 e. The van der Waals surface area contributed by atoms with Gasteiger partial charge in [0.05, 0.1) is 52.6 Å². The van der Waals surface area contributed by atoms with Crippen LogP contribution in [0.1, 0.15) is 145 Å². The molecule has 1 aromatic heterocycles. The van der Waals surface area contributed by atoms with E-state index in [-0.39, 0.29) is 36.4 Å². The Morgan fingerprint density at radius 3 is 2.04 bits per heavy atom. The number of Topliss-reactive ketones (excluding diaryl/α,β-unsaturated/α-hetero) is 1. The molecule has 0 bridgehead atoms. The van der Waals surface area contributed by atoms with Gasteiger partial charge in [0.1, 0.15) is 36.3 Å². The van der Waals surface area contributed by atoms with Crippen molar-refractivity contribution < 1.29 is 76.0 Å². The Kier molecular flexibility index (Phi) is 29.0. The molecule has 3 aliphatic rings. The molecule has 4 heterocycles. The van der Waals surface area contributed by atoms with E-state index < -0.39 is 106 Å². The minimum atomic E-state index is -3.46. The first-order valence-corrected chi connectivity index (χ1v) is 28.6. The highest BCUT2D eigenvalue weighted by Gasteiger charge is 2.48. The number of sulfonamides is 1. The fourth-order valence-corrected chi connectivity index (χ4v) is 11.8. The Morgan fingerprint density at radius 1 is 0.910 bits per heavy atom. The number of aliphatic hydroxyl groups excluding tert-OH is 3. The number of benzene rings is 1. The van der Waals surface area contributed by atoms with Gasteiger partial charge in [-0.1, -0.05) is 45.0 Å². The Balaban J connectivity index is 0.000000501. The zero-order valence-corrected chi connectivity index (χ0v) is 50.3. The number of rotatable bonds is 16. The fraction of sp³-hybridized carbons (Fsp3) is 0.786. The van der Waals surface area contributed by atoms with E-state index in [2.05, 4.69) is 28.1 Å². The van der Waals surface area contributed by atoms with E-state index in [1.165, 1.54) is 30.1 Å². The van der Waals surface area contributed by atoms with Gasteiger partial charge in [-0.3, -0.25) is 13.9 Å². The summed E-state index contributed by atoms with van der Waals surface area (Å²) in [6.07, 6.45) is 7.99. The zero-order chi connectivity index (χ0) is 59.6. The van der Waals surface area contributed by atoms with Crippen molar-refractivity contribution in [2.75, 3.05) is 52.9 Å². The lowest BCUT2D eigenvalue weighted by Gasteiger charge is -2.42. The van der Waals surface area contributed by atoms with E-state index in [9.17, 15) is 37.7 Å². The van der Waals surface area contributed by atoms with Gasteiger partial charge in [-0.05, 0) is 112 Å². The number of likely N-dealkylation sites (N-methyl/N-ethyl adjacent to an activating group) is 1. The number of anilines is 1. The van der Waals surface area contributed by atoms with Gasteiger partial charge >= 0.3 is 5.97 Å². The quantitative estimate of drug-likeness (QED) is 0.108. The van der Waals surface area contributed by atoms with Crippen molar-refractivity contribution in [2.45, 2.75) is 212 Å². The number of nitrogens with zero attached hydrogens (tertiary/aromatic N) is 5. The zero-order valence-electron chi connectivity index (χ0n) is 49.4. The summed E-state index contributed by atoms with van der Waals surface area (Å²) < 4.78 is 82.7. The monoisotopic (exact) mass is 1130 g/mol. The summed E-state index contributed by atoms with van der Waals surface area (Å²) in [5.74, 6) is -2.88. The second-order valence-corrected chi connectivity index (χ2v) is 24.3. The van der Waals surface area contributed by atoms with E-state index in [0.717, 1.165) is 19.2 Å². The lowest BCUT2D eigenvalue weighted by Crippen LogP contribution is -2.56. The smallest absolute Gasteiger partial charge is 0.311 e. The van der Waals surface area contributed by atoms with Crippen molar-refractivity contribution in [1.29, 1.82) is 0 Å². The summed E-state index contributed by atoms with van der Waals surface area (Å²) in [6, 6.07) is 6.34. The van der Waals surface area contributed by atoms with Crippen LogP contribution in [-0.2, 0) is 59.2 Å². The molecule has 0 spiro atoms. The van der Waals surface area contributed by atoms with E-state index in [1.54, 1.807) is 79.1 Å². The average molecular weight is 1130 g/mol. The predicted molar refractivity (Wildman–Crippen MR) is 295 cm³/mol. The van der Waals surface area contributed by atoms with Crippen LogP contribution in [0.5, 0.6) is 0 Å². The van der Waals surface area contributed by atoms with Gasteiger partial charge in [-0.25, -0.2) is 17.5 Å². The van der Waals surface area contributed by atoms with Crippen molar-refractivity contribution in [3.8, 4) is 12.8 Å². The number of ether oxygens (including phenoxy) is 7. The maximum Gasteiger partial charge on any atom is 0.311 e. The molecule has 0 unspecified atom stereocenters. The third-order valence-corrected chi connectivity index (χ3v) is 17.5. The lowest BCUT2D eigenvalue weighted by atomic mass is 9.75. The fourth-order valence-electron chi connectivity index (χ4n) is 10.7. The summed E-state index contributed by atoms with van der Waals surface area (Å²) in [6.45, 7) is 21.3. The van der Waals surface area contributed by atoms with E-state index in [1.807, 2.05) is 41.7 Å². The van der Waals surface area contributed by atoms with E-state index in [4.69, 9.17) is 38.3 Å². The number of aliphatic hydroxyl groups is 4. The van der Waals surface area contributed by atoms with Gasteiger partial charge < -0.3 is 58.5 Å². The van der Waals surface area contributed by atoms with Gasteiger partial charge in [0.25, 0.3) is 0 Å². The second-order valence-electron chi connectivity index (χ2n) is 21.8. The molecule has 0 aliphatic carbocycles. The van der Waals surface area contributed by atoms with Crippen LogP contribution in [0, 0.1) is 36.5 Å². The van der Waals surface area contributed by atoms with Crippen LogP contribution in [-0.4, -0.2) is 181 Å². The van der Waals surface area contributed by atoms with Crippen LogP contribution in [0.15, 0.2) is 30.5 Å². The number of carbonyl (C=O) groups excluding carboxylic acids is 2. The molecule has 0 radical (unpaired) electrons. The van der Waals surface area contributed by atoms with Gasteiger partial charge in [0.15, 0.2) is 18.9 Å². The molecule has 4 N–H and O–H groups in total. The minimum Gasteiger partial charge on any atom is -0.459 e. The molecule has 0 saturated carbocycles. The Hall–Kier alpha value is -3.70. The van der Waals surface area contributed by atoms with Crippen LogP contribution in [0.4, 0.5) is 10.1 Å². The number of terminal acetylenes is 1. The molecule has 0 amide bonds. The first-order valence-electron chi connectivity index (χ1n) is 27.1. The van der Waals surface area contributed by atoms with Crippen LogP contribution < -0.4 is 4.31 Å². The number of methoxy groups -OCH3 is 2. The molecule has 2 aromatic rings. The number of alkyl halides is 1. The molecular weight excluding hydrogens is 1030 g/mol. The summed E-state index contributed by atoms with van der Waals surface area (Å²) in [7, 11) is 4.19. The van der Waals surface area contributed by atoms with Crippen LogP contribution in [0.3, 0.4) is 0 Å². The average Bonchev–Trinajstić information content (AvgIpc) is 3.88. The maximum atomic E-state index is 14.3. The van der Waals surface area contributed by atoms with Crippen molar-refractivity contribution in [3.63, 3.8) is 0 Å². The number of esters is 1. The predicted octanol–water partition coefficient (Wildman–Crippen LogP) is 6.18. The molecule has 3 saturated heterocycles. The highest BCUT2D eigenvalue weighted by molar-refractivity contribution is 7.93. The molecular formula is C56H96FN5O15S. The SMILES string of the molecule is C#C.CC[C@H]1OC(=O)[C@H](C)[C@@H](O[C@H]2C[C@H](C)O[C@H](C)O2)[C@H](C)C[C@](C)(OC)C[C@@H](C)C(=O)[C@H](C)[C@@H](O)[C@]1(C)O.CO.CO[C@H](c1ccc(N(C)S(=O)(=O)C(C)C)cc1)[C@@H](CF)n1cc(CCN(C)[C@H]2C[C@@H](C)O[C@@H](O)C2)nn1. The highest BCUT2D eigenvalue weighted by Crippen LogP contribution is 2.38. The summed E-state index contributed by atoms with van der Waals surface area (Å²) in [4.78, 5) is 28.9. The van der Waals surface area contributed by atoms with E-state index in [0.29, 0.717) is 49.9 Å². The van der Waals surface area contributed by atoms with Gasteiger partial charge in [-0.15, -0.1) is 17.9 Å². The lowest BCUT2D eigenvalue weighted by molar-refractivity contribution is -0.314. The number of ketones is 1. The van der Waals surface area contributed by atoms with Crippen molar-refractivity contribution in [3.05, 3.63) is 41.7 Å². The van der Waals surface area contributed by atoms with E-state index >= 15 is 0 Å². The number of cyclic esters (lactones) is 1. The topological polar surface area (TPSA) is 251 Å².